The molecule has 0 saturated heterocycles. The highest BCUT2D eigenvalue weighted by Crippen LogP contribution is 2.43. The first-order valence-corrected chi connectivity index (χ1v) is 11.7. The van der Waals surface area contributed by atoms with Crippen LogP contribution in [0.4, 0.5) is 0 Å². The second-order valence-corrected chi connectivity index (χ2v) is 9.29. The zero-order chi connectivity index (χ0) is 22.9. The molecule has 1 aliphatic carbocycles. The molecular formula is C29H33NO3. The lowest BCUT2D eigenvalue weighted by Crippen LogP contribution is -2.38. The van der Waals surface area contributed by atoms with Gasteiger partial charge in [0.2, 0.25) is 0 Å². The Morgan fingerprint density at radius 3 is 1.79 bits per heavy atom. The molecule has 33 heavy (non-hydrogen) atoms. The predicted octanol–water partition coefficient (Wildman–Crippen LogP) is 5.63. The first-order valence-electron chi connectivity index (χ1n) is 11.7. The first-order chi connectivity index (χ1) is 16.1. The van der Waals surface area contributed by atoms with Gasteiger partial charge >= 0.3 is 0 Å². The van der Waals surface area contributed by atoms with Crippen molar-refractivity contribution in [3.8, 4) is 0 Å². The van der Waals surface area contributed by atoms with Crippen LogP contribution in [0, 0.1) is 11.3 Å². The van der Waals surface area contributed by atoms with Gasteiger partial charge in [-0.15, -0.1) is 0 Å². The molecule has 1 amide bonds. The standard InChI is InChI=1S/C29H33NO3/c1-23-17-29(21-32-19-24-11-5-2-6-12-24,22-33-20-25-13-7-3-8-14-25)18-27(23)30-28(31)26-15-9-4-10-16-26/h2-16,23,27H,17-22H2,1H3,(H,30,31)/t23-,27+/m0/s1. The molecule has 1 fully saturated rings. The van der Waals surface area contributed by atoms with E-state index in [9.17, 15) is 4.79 Å². The fraction of sp³-hybridized carbons (Fsp3) is 0.345. The lowest BCUT2D eigenvalue weighted by molar-refractivity contribution is -0.0320. The van der Waals surface area contributed by atoms with Crippen molar-refractivity contribution in [2.75, 3.05) is 13.2 Å². The zero-order valence-corrected chi connectivity index (χ0v) is 19.3. The summed E-state index contributed by atoms with van der Waals surface area (Å²) < 4.78 is 12.4. The highest BCUT2D eigenvalue weighted by atomic mass is 16.5. The summed E-state index contributed by atoms with van der Waals surface area (Å²) in [4.78, 5) is 12.8. The number of hydrogen-bond donors (Lipinski definition) is 1. The van der Waals surface area contributed by atoms with E-state index in [4.69, 9.17) is 9.47 Å². The number of carbonyl (C=O) groups is 1. The summed E-state index contributed by atoms with van der Waals surface area (Å²) in [6.45, 7) is 4.59. The van der Waals surface area contributed by atoms with Crippen molar-refractivity contribution in [1.29, 1.82) is 0 Å². The van der Waals surface area contributed by atoms with Gasteiger partial charge in [0, 0.05) is 17.0 Å². The minimum Gasteiger partial charge on any atom is -0.376 e. The zero-order valence-electron chi connectivity index (χ0n) is 19.3. The number of hydrogen-bond acceptors (Lipinski definition) is 3. The topological polar surface area (TPSA) is 47.6 Å². The van der Waals surface area contributed by atoms with E-state index in [1.54, 1.807) is 0 Å². The molecule has 0 bridgehead atoms. The maximum atomic E-state index is 12.8. The van der Waals surface area contributed by atoms with Crippen LogP contribution in [0.25, 0.3) is 0 Å². The van der Waals surface area contributed by atoms with Gasteiger partial charge in [-0.1, -0.05) is 85.8 Å². The Bertz CT molecular complexity index is 946. The summed E-state index contributed by atoms with van der Waals surface area (Å²) in [5, 5.41) is 3.27. The minimum absolute atomic E-state index is 0.0151. The molecule has 4 heteroatoms. The predicted molar refractivity (Wildman–Crippen MR) is 131 cm³/mol. The van der Waals surface area contributed by atoms with E-state index in [2.05, 4.69) is 36.5 Å². The Morgan fingerprint density at radius 1 is 0.788 bits per heavy atom. The van der Waals surface area contributed by atoms with Gasteiger partial charge in [0.15, 0.2) is 0 Å². The van der Waals surface area contributed by atoms with Crippen molar-refractivity contribution < 1.29 is 14.3 Å². The fourth-order valence-corrected chi connectivity index (χ4v) is 4.81. The molecule has 4 rings (SSSR count). The molecular weight excluding hydrogens is 410 g/mol. The number of rotatable bonds is 10. The Kier molecular flexibility index (Phi) is 7.92. The summed E-state index contributed by atoms with van der Waals surface area (Å²) in [5.74, 6) is 0.331. The van der Waals surface area contributed by atoms with Crippen LogP contribution in [-0.2, 0) is 22.7 Å². The van der Waals surface area contributed by atoms with E-state index in [1.165, 1.54) is 0 Å². The van der Waals surface area contributed by atoms with E-state index >= 15 is 0 Å². The molecule has 1 saturated carbocycles. The molecule has 4 nitrogen and oxygen atoms in total. The molecule has 0 heterocycles. The van der Waals surface area contributed by atoms with Gasteiger partial charge < -0.3 is 14.8 Å². The van der Waals surface area contributed by atoms with Gasteiger partial charge in [-0.05, 0) is 42.0 Å². The number of benzene rings is 3. The van der Waals surface area contributed by atoms with Gasteiger partial charge in [-0.2, -0.15) is 0 Å². The summed E-state index contributed by atoms with van der Waals surface area (Å²) in [7, 11) is 0. The molecule has 0 spiro atoms. The van der Waals surface area contributed by atoms with E-state index in [1.807, 2.05) is 66.7 Å². The summed E-state index contributed by atoms with van der Waals surface area (Å²) >= 11 is 0. The van der Waals surface area contributed by atoms with Crippen molar-refractivity contribution in [3.63, 3.8) is 0 Å². The maximum Gasteiger partial charge on any atom is 0.251 e. The Labute approximate surface area is 196 Å². The molecule has 0 aliphatic heterocycles. The van der Waals surface area contributed by atoms with Crippen molar-refractivity contribution in [2.45, 2.75) is 39.0 Å². The van der Waals surface area contributed by atoms with Gasteiger partial charge in [0.1, 0.15) is 0 Å². The Hall–Kier alpha value is -2.95. The molecule has 3 aromatic rings. The van der Waals surface area contributed by atoms with Crippen LogP contribution in [-0.4, -0.2) is 25.2 Å². The summed E-state index contributed by atoms with van der Waals surface area (Å²) in [6, 6.07) is 30.0. The maximum absolute atomic E-state index is 12.8. The van der Waals surface area contributed by atoms with E-state index in [0.717, 1.165) is 24.0 Å². The van der Waals surface area contributed by atoms with Crippen molar-refractivity contribution in [2.24, 2.45) is 11.3 Å². The number of nitrogens with one attached hydrogen (secondary N) is 1. The Morgan fingerprint density at radius 2 is 1.27 bits per heavy atom. The average Bonchev–Trinajstić information content (AvgIpc) is 3.15. The number of carbonyl (C=O) groups excluding carboxylic acids is 1. The monoisotopic (exact) mass is 443 g/mol. The molecule has 1 N–H and O–H groups in total. The normalized spacial score (nSPS) is 19.3. The molecule has 3 aromatic carbocycles. The second-order valence-electron chi connectivity index (χ2n) is 9.29. The summed E-state index contributed by atoms with van der Waals surface area (Å²) in [6.07, 6.45) is 1.80. The van der Waals surface area contributed by atoms with Crippen molar-refractivity contribution >= 4 is 5.91 Å². The van der Waals surface area contributed by atoms with Crippen LogP contribution in [0.2, 0.25) is 0 Å². The van der Waals surface area contributed by atoms with E-state index in [0.29, 0.717) is 37.9 Å². The third-order valence-corrected chi connectivity index (χ3v) is 6.49. The lowest BCUT2D eigenvalue weighted by atomic mass is 9.87. The van der Waals surface area contributed by atoms with Crippen LogP contribution in [0.3, 0.4) is 0 Å². The third kappa shape index (κ3) is 6.53. The second kappa shape index (κ2) is 11.3. The SMILES string of the molecule is C[C@H]1CC(COCc2ccccc2)(COCc2ccccc2)C[C@H]1NC(=O)c1ccccc1. The van der Waals surface area contributed by atoms with Crippen LogP contribution in [0.5, 0.6) is 0 Å². The Balaban J connectivity index is 1.40. The molecule has 0 radical (unpaired) electrons. The highest BCUT2D eigenvalue weighted by molar-refractivity contribution is 5.94. The van der Waals surface area contributed by atoms with Crippen LogP contribution >= 0.6 is 0 Å². The van der Waals surface area contributed by atoms with Crippen molar-refractivity contribution in [3.05, 3.63) is 108 Å². The molecule has 2 atom stereocenters. The fourth-order valence-electron chi connectivity index (χ4n) is 4.81. The first kappa shape index (κ1) is 23.2. The molecule has 1 aliphatic rings. The summed E-state index contributed by atoms with van der Waals surface area (Å²) in [5.41, 5.74) is 2.90. The van der Waals surface area contributed by atoms with Gasteiger partial charge in [-0.3, -0.25) is 4.79 Å². The van der Waals surface area contributed by atoms with E-state index in [-0.39, 0.29) is 17.4 Å². The van der Waals surface area contributed by atoms with Gasteiger partial charge in [0.05, 0.1) is 26.4 Å². The lowest BCUT2D eigenvalue weighted by Gasteiger charge is -2.29. The number of ether oxygens (including phenoxy) is 2. The molecule has 0 unspecified atom stereocenters. The van der Waals surface area contributed by atoms with Crippen molar-refractivity contribution in [1.82, 2.24) is 5.32 Å². The third-order valence-electron chi connectivity index (χ3n) is 6.49. The molecule has 0 aromatic heterocycles. The van der Waals surface area contributed by atoms with Crippen LogP contribution in [0.15, 0.2) is 91.0 Å². The number of amides is 1. The van der Waals surface area contributed by atoms with Gasteiger partial charge in [0.25, 0.3) is 5.91 Å². The van der Waals surface area contributed by atoms with Crippen LogP contribution < -0.4 is 5.32 Å². The van der Waals surface area contributed by atoms with Crippen LogP contribution in [0.1, 0.15) is 41.3 Å². The quantitative estimate of drug-likeness (QED) is 0.441. The van der Waals surface area contributed by atoms with E-state index < -0.39 is 0 Å². The smallest absolute Gasteiger partial charge is 0.251 e. The largest absolute Gasteiger partial charge is 0.376 e. The minimum atomic E-state index is -0.127. The molecule has 172 valence electrons. The highest BCUT2D eigenvalue weighted by Gasteiger charge is 2.44. The van der Waals surface area contributed by atoms with Gasteiger partial charge in [-0.25, -0.2) is 0 Å². The average molecular weight is 444 g/mol.